The van der Waals surface area contributed by atoms with Gasteiger partial charge in [-0.25, -0.2) is 4.98 Å². The second-order valence-electron chi connectivity index (χ2n) is 25.3. The number of nitrogens with one attached hydrogen (secondary N) is 5. The molecule has 3 aromatic heterocycles. The molecule has 8 bridgehead atoms. The molecule has 10 atom stereocenters. The highest BCUT2D eigenvalue weighted by molar-refractivity contribution is 14.1. The molecule has 23 heteroatoms. The molecule has 7 aromatic rings. The van der Waals surface area contributed by atoms with E-state index in [1.165, 1.54) is 0 Å². The molecule has 3 amide bonds. The van der Waals surface area contributed by atoms with Crippen molar-refractivity contribution in [3.05, 3.63) is 162 Å². The zero-order valence-electron chi connectivity index (χ0n) is 53.0. The number of hydrogen-bond acceptors (Lipinski definition) is 17. The van der Waals surface area contributed by atoms with Crippen LogP contribution in [-0.4, -0.2) is 231 Å². The number of aromatic nitrogens is 4. The fourth-order valence-corrected chi connectivity index (χ4v) is 14.5. The number of nitrogens with zero attached hydrogens (tertiary/aromatic N) is 6. The lowest BCUT2D eigenvalue weighted by Crippen LogP contribution is -2.69. The Bertz CT molecular complexity index is 4050. The van der Waals surface area contributed by atoms with E-state index in [0.29, 0.717) is 45.0 Å². The number of fused-ring (bicyclic) bond motifs is 8. The minimum atomic E-state index is -1.46. The Morgan fingerprint density at radius 3 is 1.44 bits per heavy atom. The molecule has 0 saturated carbocycles. The zero-order valence-corrected chi connectivity index (χ0v) is 55.2. The van der Waals surface area contributed by atoms with Crippen molar-refractivity contribution in [2.75, 3.05) is 97.6 Å². The molecule has 95 heavy (non-hydrogen) atoms. The van der Waals surface area contributed by atoms with E-state index in [1.54, 1.807) is 29.9 Å². The van der Waals surface area contributed by atoms with Gasteiger partial charge in [0.25, 0.3) is 0 Å². The van der Waals surface area contributed by atoms with Crippen molar-refractivity contribution in [3.63, 3.8) is 0 Å². The number of H-pyrrole nitrogens is 2. The van der Waals surface area contributed by atoms with Gasteiger partial charge in [-0.2, -0.15) is 0 Å². The normalized spacial score (nSPS) is 24.5. The number of aliphatic hydroxyl groups is 4. The number of ether oxygens (including phenoxy) is 3. The summed E-state index contributed by atoms with van der Waals surface area (Å²) in [7, 11) is 2.03. The summed E-state index contributed by atoms with van der Waals surface area (Å²) in [6.07, 6.45) is -3.96. The minimum absolute atomic E-state index is 0.0740. The van der Waals surface area contributed by atoms with Crippen LogP contribution in [0.3, 0.4) is 0 Å². The van der Waals surface area contributed by atoms with Gasteiger partial charge in [0.05, 0.1) is 67.8 Å². The Hall–Kier alpha value is -7.60. The van der Waals surface area contributed by atoms with Crippen molar-refractivity contribution in [1.82, 2.24) is 50.2 Å². The number of aromatic amines is 2. The van der Waals surface area contributed by atoms with Crippen LogP contribution in [0.2, 0.25) is 0 Å². The standard InChI is InChI=1S/C72H80IN11O11/c1-43-66(79-60(88)39-82-32-30-81(2)31-33-82)68(90)70(57(41-85)92-43)94-72-67(69(91)71(95-73)58(42-86)93-72)80-61(89)40-84-36-34-83(35-37-84)38-59(87)74-48-20-18-47(19-21-48)65-55-28-26-53(77-55)63(45-14-8-4-9-15-45)51-24-22-49(75-51)62(44-12-6-3-7-13-44)50-23-25-52(76-50)64(46-16-10-5-11-17-46)54-27-29-56(65)78-54/h3-22,24,26-29,43,57-58,66-72,75,78,85-86,90-91H,23,25,30-42H2,1-2H3,(H,74,87)(H,79,88)(H,80,89)/t43?,57?,58?,66?,67?,68?,69?,70-,71-,72+/m1/s1. The SMILES string of the molecule is CC1OC(CO)[C@@H](O[C@@H]2OC(CO)[C@@H](OI)C(O)C2NC(=O)CN2CCN(CC(=O)Nc3ccc(-c4c5nc(c(-c6ccccc6)c6ccc([nH]6)c(-c6ccccc6)c6nc(c(-c7ccccc7)c7ccc4[nH]7)CC6)C=C5)cc3)CC2)C(O)C1NC(=O)CN1CCN(C)CC1. The molecular weight excluding hydrogens is 1320 g/mol. The molecular formula is C72H80IN11O11. The number of anilines is 1. The molecule has 496 valence electrons. The second kappa shape index (κ2) is 29.8. The number of aliphatic hydroxyl groups excluding tert-OH is 4. The molecule has 7 unspecified atom stereocenters. The number of likely N-dealkylation sites (N-methyl/N-ethyl adjacent to an activating group) is 1. The Balaban J connectivity index is 0.699. The van der Waals surface area contributed by atoms with Gasteiger partial charge in [-0.1, -0.05) is 103 Å². The smallest absolute Gasteiger partial charge is 0.238 e. The van der Waals surface area contributed by atoms with Crippen LogP contribution in [0.4, 0.5) is 5.69 Å². The van der Waals surface area contributed by atoms with Gasteiger partial charge in [0, 0.05) is 102 Å². The van der Waals surface area contributed by atoms with Gasteiger partial charge in [0.2, 0.25) is 17.7 Å². The third-order valence-corrected chi connectivity index (χ3v) is 19.5. The van der Waals surface area contributed by atoms with Crippen molar-refractivity contribution in [3.8, 4) is 44.5 Å². The number of amides is 3. The molecule has 4 saturated heterocycles. The Morgan fingerprint density at radius 2 is 0.958 bits per heavy atom. The van der Waals surface area contributed by atoms with Crippen molar-refractivity contribution in [1.29, 1.82) is 0 Å². The van der Waals surface area contributed by atoms with Gasteiger partial charge in [-0.05, 0) is 97.6 Å². The van der Waals surface area contributed by atoms with Crippen LogP contribution < -0.4 is 16.0 Å². The molecule has 6 aliphatic heterocycles. The van der Waals surface area contributed by atoms with Crippen molar-refractivity contribution in [2.24, 2.45) is 0 Å². The summed E-state index contributed by atoms with van der Waals surface area (Å²) in [5, 5.41) is 53.2. The van der Waals surface area contributed by atoms with E-state index in [4.69, 9.17) is 27.2 Å². The molecule has 4 aromatic carbocycles. The molecule has 0 aliphatic carbocycles. The third-order valence-electron chi connectivity index (χ3n) is 18.9. The predicted molar refractivity (Wildman–Crippen MR) is 371 cm³/mol. The van der Waals surface area contributed by atoms with E-state index in [-0.39, 0.29) is 31.4 Å². The van der Waals surface area contributed by atoms with E-state index in [0.717, 1.165) is 115 Å². The molecule has 4 fully saturated rings. The maximum Gasteiger partial charge on any atom is 0.238 e. The summed E-state index contributed by atoms with van der Waals surface area (Å²) >= 11 is 1.60. The van der Waals surface area contributed by atoms with Crippen molar-refractivity contribution in [2.45, 2.75) is 80.9 Å². The second-order valence-corrected chi connectivity index (χ2v) is 25.8. The fourth-order valence-electron chi connectivity index (χ4n) is 13.9. The quantitative estimate of drug-likeness (QED) is 0.0442. The van der Waals surface area contributed by atoms with E-state index < -0.39 is 80.2 Å². The Morgan fingerprint density at radius 1 is 0.537 bits per heavy atom. The van der Waals surface area contributed by atoms with Crippen LogP contribution in [0.15, 0.2) is 140 Å². The first-order valence-electron chi connectivity index (χ1n) is 32.6. The van der Waals surface area contributed by atoms with Crippen molar-refractivity contribution >= 4 is 80.6 Å². The van der Waals surface area contributed by atoms with Gasteiger partial charge >= 0.3 is 0 Å². The van der Waals surface area contributed by atoms with E-state index in [1.807, 2.05) is 76.3 Å². The van der Waals surface area contributed by atoms with Crippen LogP contribution in [-0.2, 0) is 44.5 Å². The lowest BCUT2D eigenvalue weighted by atomic mass is 9.92. The van der Waals surface area contributed by atoms with Crippen LogP contribution in [0.5, 0.6) is 0 Å². The topological polar surface area (TPSA) is 275 Å². The summed E-state index contributed by atoms with van der Waals surface area (Å²) < 4.78 is 24.1. The molecule has 22 nitrogen and oxygen atoms in total. The van der Waals surface area contributed by atoms with Crippen LogP contribution >= 0.6 is 23.0 Å². The number of rotatable bonds is 18. The summed E-state index contributed by atoms with van der Waals surface area (Å²) in [6.45, 7) is 5.64. The predicted octanol–water partition coefficient (Wildman–Crippen LogP) is 6.05. The fraction of sp³-hybridized carbons (Fsp3) is 0.375. The van der Waals surface area contributed by atoms with Crippen LogP contribution in [0, 0.1) is 0 Å². The third kappa shape index (κ3) is 14.7. The summed E-state index contributed by atoms with van der Waals surface area (Å²) in [6, 6.07) is 45.4. The summed E-state index contributed by atoms with van der Waals surface area (Å²) in [5.41, 5.74) is 15.9. The highest BCUT2D eigenvalue weighted by Crippen LogP contribution is 2.39. The van der Waals surface area contributed by atoms with Gasteiger partial charge < -0.3 is 68.5 Å². The van der Waals surface area contributed by atoms with Crippen molar-refractivity contribution < 1.29 is 52.1 Å². The van der Waals surface area contributed by atoms with Gasteiger partial charge in [0.15, 0.2) is 6.29 Å². The maximum absolute atomic E-state index is 14.0. The van der Waals surface area contributed by atoms with E-state index in [2.05, 4.69) is 128 Å². The Kier molecular flexibility index (Phi) is 20.7. The number of benzene rings is 4. The Labute approximate surface area is 565 Å². The maximum atomic E-state index is 14.0. The molecule has 0 radical (unpaired) electrons. The monoisotopic (exact) mass is 1400 g/mol. The largest absolute Gasteiger partial charge is 0.394 e. The average molecular weight is 1400 g/mol. The van der Waals surface area contributed by atoms with E-state index in [9.17, 15) is 34.8 Å². The number of aryl methyl sites for hydroxylation is 2. The first-order valence-corrected chi connectivity index (χ1v) is 33.5. The lowest BCUT2D eigenvalue weighted by Gasteiger charge is -2.48. The summed E-state index contributed by atoms with van der Waals surface area (Å²) in [5.74, 6) is -0.986. The van der Waals surface area contributed by atoms with Crippen LogP contribution in [0.25, 0.3) is 78.7 Å². The van der Waals surface area contributed by atoms with Gasteiger partial charge in [-0.15, -0.1) is 0 Å². The van der Waals surface area contributed by atoms with E-state index >= 15 is 0 Å². The lowest BCUT2D eigenvalue weighted by molar-refractivity contribution is -0.309. The average Bonchev–Trinajstić information content (AvgIpc) is 1.00. The number of piperazine rings is 2. The summed E-state index contributed by atoms with van der Waals surface area (Å²) in [4.78, 5) is 67.9. The van der Waals surface area contributed by atoms with Crippen LogP contribution in [0.1, 0.15) is 29.7 Å². The molecule has 9 heterocycles. The number of carbonyl (C=O) groups is 3. The van der Waals surface area contributed by atoms with Gasteiger partial charge in [0.1, 0.15) is 65.7 Å². The van der Waals surface area contributed by atoms with Gasteiger partial charge in [-0.3, -0.25) is 34.1 Å². The highest BCUT2D eigenvalue weighted by Gasteiger charge is 2.52. The molecule has 13 rings (SSSR count). The minimum Gasteiger partial charge on any atom is -0.394 e. The zero-order chi connectivity index (χ0) is 65.7. The highest BCUT2D eigenvalue weighted by atomic mass is 127. The number of carbonyl (C=O) groups excluding carboxylic acids is 3. The first kappa shape index (κ1) is 66.0. The molecule has 6 aliphatic rings. The first-order chi connectivity index (χ1) is 46.3. The molecule has 0 spiro atoms. The number of halogens is 1. The number of hydrogen-bond donors (Lipinski definition) is 9. The molecule has 9 N–H and O–H groups in total.